The molecule has 0 fully saturated rings. The topological polar surface area (TPSA) is 70.9 Å². The van der Waals surface area contributed by atoms with Crippen LogP contribution in [0.5, 0.6) is 0 Å². The largest absolute Gasteiger partial charge is 0.392 e. The fraction of sp³-hybridized carbons (Fsp3) is 0.500. The van der Waals surface area contributed by atoms with Crippen LogP contribution in [0.3, 0.4) is 0 Å². The van der Waals surface area contributed by atoms with Gasteiger partial charge in [-0.2, -0.15) is 19.3 Å². The van der Waals surface area contributed by atoms with Crippen LogP contribution in [0.1, 0.15) is 6.92 Å². The van der Waals surface area contributed by atoms with Crippen molar-refractivity contribution in [3.05, 3.63) is 12.4 Å². The number of aliphatic hydroxyl groups excluding tert-OH is 1. The number of rotatable bonds is 3. The fourth-order valence-electron chi connectivity index (χ4n) is 0.569. The SMILES string of the molecule is CC(O)CNc1n[c]nc(F)n1. The number of aliphatic hydroxyl groups is 1. The van der Waals surface area contributed by atoms with Gasteiger partial charge in [0.05, 0.1) is 6.10 Å². The van der Waals surface area contributed by atoms with E-state index in [1.165, 1.54) is 0 Å². The van der Waals surface area contributed by atoms with Crippen molar-refractivity contribution in [2.24, 2.45) is 0 Å². The van der Waals surface area contributed by atoms with E-state index in [-0.39, 0.29) is 12.5 Å². The summed E-state index contributed by atoms with van der Waals surface area (Å²) in [5, 5.41) is 11.4. The Kier molecular flexibility index (Phi) is 2.87. The first kappa shape index (κ1) is 8.79. The summed E-state index contributed by atoms with van der Waals surface area (Å²) in [5.41, 5.74) is 0. The summed E-state index contributed by atoms with van der Waals surface area (Å²) in [5.74, 6) is 0.0726. The number of anilines is 1. The van der Waals surface area contributed by atoms with Gasteiger partial charge in [0.15, 0.2) is 0 Å². The van der Waals surface area contributed by atoms with Gasteiger partial charge in [0.1, 0.15) is 0 Å². The van der Waals surface area contributed by atoms with Gasteiger partial charge in [-0.3, -0.25) is 0 Å². The van der Waals surface area contributed by atoms with Crippen molar-refractivity contribution < 1.29 is 9.50 Å². The third-order valence-corrected chi connectivity index (χ3v) is 1.05. The number of aromatic nitrogens is 3. The lowest BCUT2D eigenvalue weighted by atomic mass is 10.4. The summed E-state index contributed by atoms with van der Waals surface area (Å²) in [6.45, 7) is 1.85. The first-order valence-electron chi connectivity index (χ1n) is 3.38. The Morgan fingerprint density at radius 1 is 1.67 bits per heavy atom. The average molecular weight is 171 g/mol. The minimum atomic E-state index is -0.891. The summed E-state index contributed by atoms with van der Waals surface area (Å²) in [7, 11) is 0. The molecule has 1 atom stereocenters. The van der Waals surface area contributed by atoms with Crippen LogP contribution >= 0.6 is 0 Å². The number of hydrogen-bond acceptors (Lipinski definition) is 5. The second kappa shape index (κ2) is 3.91. The number of hydrogen-bond donors (Lipinski definition) is 2. The Labute approximate surface area is 68.7 Å². The first-order chi connectivity index (χ1) is 5.68. The third kappa shape index (κ3) is 2.75. The Morgan fingerprint density at radius 2 is 2.42 bits per heavy atom. The molecule has 0 amide bonds. The molecule has 1 aromatic rings. The second-order valence-electron chi connectivity index (χ2n) is 2.26. The van der Waals surface area contributed by atoms with Gasteiger partial charge in [-0.1, -0.05) is 0 Å². The second-order valence-corrected chi connectivity index (χ2v) is 2.26. The van der Waals surface area contributed by atoms with Crippen molar-refractivity contribution >= 4 is 5.95 Å². The highest BCUT2D eigenvalue weighted by molar-refractivity contribution is 5.20. The maximum atomic E-state index is 12.3. The third-order valence-electron chi connectivity index (χ3n) is 1.05. The molecule has 65 valence electrons. The predicted octanol–water partition coefficient (Wildman–Crippen LogP) is -0.396. The van der Waals surface area contributed by atoms with Crippen molar-refractivity contribution in [1.29, 1.82) is 0 Å². The zero-order valence-corrected chi connectivity index (χ0v) is 6.45. The van der Waals surface area contributed by atoms with E-state index in [4.69, 9.17) is 5.11 Å². The lowest BCUT2D eigenvalue weighted by molar-refractivity contribution is 0.208. The van der Waals surface area contributed by atoms with Gasteiger partial charge >= 0.3 is 6.08 Å². The highest BCUT2D eigenvalue weighted by Gasteiger charge is 2.00. The Bertz CT molecular complexity index is 255. The molecule has 5 nitrogen and oxygen atoms in total. The van der Waals surface area contributed by atoms with Crippen molar-refractivity contribution in [1.82, 2.24) is 15.0 Å². The Morgan fingerprint density at radius 3 is 3.00 bits per heavy atom. The van der Waals surface area contributed by atoms with Crippen LogP contribution < -0.4 is 5.32 Å². The minimum absolute atomic E-state index is 0.0726. The van der Waals surface area contributed by atoms with Crippen molar-refractivity contribution in [3.8, 4) is 0 Å². The molecule has 0 bridgehead atoms. The summed E-state index contributed by atoms with van der Waals surface area (Å²) in [6, 6.07) is 0. The van der Waals surface area contributed by atoms with Gasteiger partial charge in [0.2, 0.25) is 12.3 Å². The average Bonchev–Trinajstić information content (AvgIpc) is 2.01. The van der Waals surface area contributed by atoms with E-state index >= 15 is 0 Å². The molecule has 1 rings (SSSR count). The molecular weight excluding hydrogens is 163 g/mol. The van der Waals surface area contributed by atoms with E-state index in [1.807, 2.05) is 0 Å². The van der Waals surface area contributed by atoms with Crippen molar-refractivity contribution in [2.45, 2.75) is 13.0 Å². The molecule has 0 aromatic carbocycles. The Balaban J connectivity index is 2.52. The van der Waals surface area contributed by atoms with Crippen LogP contribution in [0.4, 0.5) is 10.3 Å². The molecule has 0 spiro atoms. The van der Waals surface area contributed by atoms with Gasteiger partial charge in [-0.25, -0.2) is 0 Å². The highest BCUT2D eigenvalue weighted by Crippen LogP contribution is 1.94. The zero-order valence-electron chi connectivity index (χ0n) is 6.45. The molecule has 2 N–H and O–H groups in total. The first-order valence-corrected chi connectivity index (χ1v) is 3.38. The van der Waals surface area contributed by atoms with Crippen molar-refractivity contribution in [3.63, 3.8) is 0 Å². The lowest BCUT2D eigenvalue weighted by Crippen LogP contribution is -2.17. The van der Waals surface area contributed by atoms with Gasteiger partial charge in [0, 0.05) is 6.54 Å². The zero-order chi connectivity index (χ0) is 8.97. The highest BCUT2D eigenvalue weighted by atomic mass is 19.1. The quantitative estimate of drug-likeness (QED) is 0.647. The monoisotopic (exact) mass is 171 g/mol. The fourth-order valence-corrected chi connectivity index (χ4v) is 0.569. The van der Waals surface area contributed by atoms with Crippen LogP contribution in [-0.4, -0.2) is 32.7 Å². The molecule has 0 aliphatic carbocycles. The summed E-state index contributed by atoms with van der Waals surface area (Å²) in [4.78, 5) is 9.86. The molecule has 1 aromatic heterocycles. The summed E-state index contributed by atoms with van der Waals surface area (Å²) in [6.07, 6.45) is 0.644. The molecule has 0 aliphatic rings. The molecule has 6 heteroatoms. The number of nitrogens with zero attached hydrogens (tertiary/aromatic N) is 3. The number of halogens is 1. The standard InChI is InChI=1S/C6H8FN4O/c1-4(12)2-8-6-10-3-9-5(7)11-6/h4,12H,2H2,1H3,(H,8,9,10,11). The van der Waals surface area contributed by atoms with E-state index in [0.717, 1.165) is 0 Å². The molecule has 0 saturated heterocycles. The van der Waals surface area contributed by atoms with Gasteiger partial charge < -0.3 is 10.4 Å². The molecule has 1 radical (unpaired) electrons. The Hall–Kier alpha value is -1.30. The molecule has 1 heterocycles. The number of nitrogens with one attached hydrogen (secondary N) is 1. The smallest absolute Gasteiger partial charge is 0.314 e. The van der Waals surface area contributed by atoms with E-state index < -0.39 is 12.2 Å². The minimum Gasteiger partial charge on any atom is -0.392 e. The maximum absolute atomic E-state index is 12.3. The van der Waals surface area contributed by atoms with E-state index in [2.05, 4.69) is 26.6 Å². The van der Waals surface area contributed by atoms with Crippen LogP contribution in [0, 0.1) is 12.4 Å². The van der Waals surface area contributed by atoms with Gasteiger partial charge in [-0.15, -0.1) is 0 Å². The summed E-state index contributed by atoms with van der Waals surface area (Å²) >= 11 is 0. The molecule has 12 heavy (non-hydrogen) atoms. The predicted molar refractivity (Wildman–Crippen MR) is 38.8 cm³/mol. The van der Waals surface area contributed by atoms with E-state index in [0.29, 0.717) is 0 Å². The normalized spacial score (nSPS) is 12.6. The van der Waals surface area contributed by atoms with Crippen LogP contribution in [-0.2, 0) is 0 Å². The van der Waals surface area contributed by atoms with E-state index in [9.17, 15) is 4.39 Å². The van der Waals surface area contributed by atoms with Crippen LogP contribution in [0.15, 0.2) is 0 Å². The summed E-state index contributed by atoms with van der Waals surface area (Å²) < 4.78 is 12.3. The van der Waals surface area contributed by atoms with Crippen LogP contribution in [0.2, 0.25) is 0 Å². The van der Waals surface area contributed by atoms with E-state index in [1.54, 1.807) is 6.92 Å². The molecule has 0 aliphatic heterocycles. The maximum Gasteiger partial charge on any atom is 0.314 e. The van der Waals surface area contributed by atoms with Gasteiger partial charge in [-0.05, 0) is 6.92 Å². The molecule has 0 saturated carbocycles. The molecule has 1 unspecified atom stereocenters. The lowest BCUT2D eigenvalue weighted by Gasteiger charge is -2.04. The van der Waals surface area contributed by atoms with Crippen molar-refractivity contribution in [2.75, 3.05) is 11.9 Å². The molecular formula is C6H8FN4O. The van der Waals surface area contributed by atoms with Gasteiger partial charge in [0.25, 0.3) is 0 Å². The van der Waals surface area contributed by atoms with Crippen LogP contribution in [0.25, 0.3) is 0 Å².